The van der Waals surface area contributed by atoms with Crippen LogP contribution in [0.3, 0.4) is 0 Å². The van der Waals surface area contributed by atoms with Crippen molar-refractivity contribution in [3.05, 3.63) is 47.2 Å². The zero-order valence-electron chi connectivity index (χ0n) is 12.9. The van der Waals surface area contributed by atoms with Crippen molar-refractivity contribution >= 4 is 22.4 Å². The van der Waals surface area contributed by atoms with Crippen molar-refractivity contribution < 1.29 is 9.18 Å². The number of nitrogens with zero attached hydrogens (tertiary/aromatic N) is 3. The van der Waals surface area contributed by atoms with E-state index in [1.54, 1.807) is 30.4 Å². The van der Waals surface area contributed by atoms with Gasteiger partial charge >= 0.3 is 0 Å². The fourth-order valence-corrected chi connectivity index (χ4v) is 4.68. The first-order chi connectivity index (χ1) is 11.1. The molecular weight excluding hydrogens is 313 g/mol. The van der Waals surface area contributed by atoms with E-state index in [0.717, 1.165) is 30.3 Å². The largest absolute Gasteiger partial charge is 0.347 e. The number of amides is 1. The number of aromatic nitrogens is 1. The predicted octanol–water partition coefficient (Wildman–Crippen LogP) is 2.94. The maximum Gasteiger partial charge on any atom is 0.219 e. The van der Waals surface area contributed by atoms with E-state index >= 15 is 0 Å². The molecule has 6 heteroatoms. The van der Waals surface area contributed by atoms with Crippen LogP contribution < -0.4 is 4.90 Å². The Labute approximate surface area is 138 Å². The Morgan fingerprint density at radius 1 is 1.35 bits per heavy atom. The lowest BCUT2D eigenvalue weighted by atomic mass is 9.89. The lowest BCUT2D eigenvalue weighted by Gasteiger charge is -2.29. The lowest BCUT2D eigenvalue weighted by molar-refractivity contribution is -0.130. The van der Waals surface area contributed by atoms with Crippen LogP contribution in [0.25, 0.3) is 0 Å². The fourth-order valence-electron chi connectivity index (χ4n) is 4.02. The third-order valence-corrected chi connectivity index (χ3v) is 5.78. The average Bonchev–Trinajstić information content (AvgIpc) is 3.21. The van der Waals surface area contributed by atoms with Gasteiger partial charge in [0, 0.05) is 50.0 Å². The number of carbonyl (C=O) groups excluding carboxylic acids is 1. The van der Waals surface area contributed by atoms with Crippen LogP contribution in [0.1, 0.15) is 18.5 Å². The Bertz CT molecular complexity index is 720. The molecule has 3 atom stereocenters. The Balaban J connectivity index is 1.65. The minimum Gasteiger partial charge on any atom is -0.347 e. The van der Waals surface area contributed by atoms with E-state index in [9.17, 15) is 9.18 Å². The Morgan fingerprint density at radius 2 is 2.22 bits per heavy atom. The van der Waals surface area contributed by atoms with E-state index in [1.807, 2.05) is 22.5 Å². The molecule has 0 N–H and O–H groups in total. The maximum atomic E-state index is 13.7. The summed E-state index contributed by atoms with van der Waals surface area (Å²) < 4.78 is 13.7. The van der Waals surface area contributed by atoms with E-state index in [-0.39, 0.29) is 17.8 Å². The standard InChI is InChI=1S/C17H18FN3OS/c1-11(22)21-9-13-8-20(17-19-5-6-23-17)10-15(13)16(21)12-3-2-4-14(18)7-12/h2-7,13,15-16H,8-10H2,1H3/t13-,15-,16-/m1/s1. The summed E-state index contributed by atoms with van der Waals surface area (Å²) in [6, 6.07) is 6.62. The number of carbonyl (C=O) groups is 1. The Morgan fingerprint density at radius 3 is 2.91 bits per heavy atom. The molecule has 2 aromatic rings. The van der Waals surface area contributed by atoms with Crippen LogP contribution in [0.15, 0.2) is 35.8 Å². The number of hydrogen-bond acceptors (Lipinski definition) is 4. The first kappa shape index (κ1) is 14.6. The fraction of sp³-hybridized carbons (Fsp3) is 0.412. The molecule has 0 saturated carbocycles. The third kappa shape index (κ3) is 2.51. The first-order valence-corrected chi connectivity index (χ1v) is 8.68. The molecule has 3 heterocycles. The number of hydrogen-bond donors (Lipinski definition) is 0. The van der Waals surface area contributed by atoms with Crippen molar-refractivity contribution in [2.24, 2.45) is 11.8 Å². The second-order valence-corrected chi connectivity index (χ2v) is 7.19. The van der Waals surface area contributed by atoms with E-state index in [0.29, 0.717) is 11.8 Å². The molecule has 2 fully saturated rings. The van der Waals surface area contributed by atoms with Crippen LogP contribution in [-0.4, -0.2) is 35.4 Å². The summed E-state index contributed by atoms with van der Waals surface area (Å²) in [4.78, 5) is 20.7. The topological polar surface area (TPSA) is 36.4 Å². The molecule has 1 aromatic carbocycles. The van der Waals surface area contributed by atoms with E-state index in [2.05, 4.69) is 9.88 Å². The van der Waals surface area contributed by atoms with Crippen molar-refractivity contribution in [2.75, 3.05) is 24.5 Å². The number of halogens is 1. The van der Waals surface area contributed by atoms with Gasteiger partial charge < -0.3 is 9.80 Å². The number of thiazole rings is 1. The third-order valence-electron chi connectivity index (χ3n) is 4.95. The van der Waals surface area contributed by atoms with Crippen molar-refractivity contribution in [2.45, 2.75) is 13.0 Å². The summed E-state index contributed by atoms with van der Waals surface area (Å²) in [5.41, 5.74) is 0.897. The zero-order chi connectivity index (χ0) is 16.0. The summed E-state index contributed by atoms with van der Waals surface area (Å²) >= 11 is 1.64. The number of likely N-dealkylation sites (tertiary alicyclic amines) is 1. The van der Waals surface area contributed by atoms with Gasteiger partial charge in [-0.3, -0.25) is 4.79 Å². The monoisotopic (exact) mass is 331 g/mol. The lowest BCUT2D eigenvalue weighted by Crippen LogP contribution is -2.34. The molecule has 23 heavy (non-hydrogen) atoms. The van der Waals surface area contributed by atoms with Gasteiger partial charge in [0.2, 0.25) is 5.91 Å². The zero-order valence-corrected chi connectivity index (χ0v) is 13.7. The highest BCUT2D eigenvalue weighted by Crippen LogP contribution is 2.46. The molecule has 2 aliphatic heterocycles. The molecule has 1 amide bonds. The van der Waals surface area contributed by atoms with Gasteiger partial charge in [-0.25, -0.2) is 9.37 Å². The van der Waals surface area contributed by atoms with Gasteiger partial charge in [-0.1, -0.05) is 12.1 Å². The molecule has 2 saturated heterocycles. The Hall–Kier alpha value is -1.95. The number of benzene rings is 1. The SMILES string of the molecule is CC(=O)N1C[C@H]2CN(c3nccs3)C[C@H]2[C@H]1c1cccc(F)c1. The van der Waals surface area contributed by atoms with Crippen molar-refractivity contribution in [3.63, 3.8) is 0 Å². The van der Waals surface area contributed by atoms with Crippen LogP contribution in [0.4, 0.5) is 9.52 Å². The van der Waals surface area contributed by atoms with Crippen LogP contribution in [0.5, 0.6) is 0 Å². The molecule has 4 nitrogen and oxygen atoms in total. The molecule has 120 valence electrons. The summed E-state index contributed by atoms with van der Waals surface area (Å²) in [5, 5.41) is 3.02. The highest BCUT2D eigenvalue weighted by Gasteiger charge is 2.48. The Kier molecular flexibility index (Phi) is 3.56. The normalized spacial score (nSPS) is 26.6. The van der Waals surface area contributed by atoms with Crippen molar-refractivity contribution in [3.8, 4) is 0 Å². The predicted molar refractivity (Wildman–Crippen MR) is 87.8 cm³/mol. The summed E-state index contributed by atoms with van der Waals surface area (Å²) in [6.07, 6.45) is 1.82. The van der Waals surface area contributed by atoms with Gasteiger partial charge in [0.15, 0.2) is 5.13 Å². The molecule has 1 aromatic heterocycles. The highest BCUT2D eigenvalue weighted by molar-refractivity contribution is 7.13. The average molecular weight is 331 g/mol. The van der Waals surface area contributed by atoms with E-state index < -0.39 is 0 Å². The molecule has 0 unspecified atom stereocenters. The van der Waals surface area contributed by atoms with Gasteiger partial charge in [0.1, 0.15) is 5.82 Å². The second kappa shape index (κ2) is 5.60. The van der Waals surface area contributed by atoms with Crippen LogP contribution in [0, 0.1) is 17.7 Å². The molecule has 2 aliphatic rings. The van der Waals surface area contributed by atoms with E-state index in [1.165, 1.54) is 6.07 Å². The molecule has 0 aliphatic carbocycles. The quantitative estimate of drug-likeness (QED) is 0.849. The second-order valence-electron chi connectivity index (χ2n) is 6.31. The molecule has 0 spiro atoms. The summed E-state index contributed by atoms with van der Waals surface area (Å²) in [6.45, 7) is 4.12. The maximum absolute atomic E-state index is 13.7. The molecule has 0 bridgehead atoms. The van der Waals surface area contributed by atoms with Gasteiger partial charge in [0.25, 0.3) is 0 Å². The van der Waals surface area contributed by atoms with Gasteiger partial charge in [-0.05, 0) is 17.7 Å². The van der Waals surface area contributed by atoms with E-state index in [4.69, 9.17) is 0 Å². The summed E-state index contributed by atoms with van der Waals surface area (Å²) in [7, 11) is 0. The summed E-state index contributed by atoms with van der Waals surface area (Å²) in [5.74, 6) is 0.555. The number of rotatable bonds is 2. The number of fused-ring (bicyclic) bond motifs is 1. The smallest absolute Gasteiger partial charge is 0.219 e. The first-order valence-electron chi connectivity index (χ1n) is 7.80. The van der Waals surface area contributed by atoms with Gasteiger partial charge in [-0.15, -0.1) is 11.3 Å². The van der Waals surface area contributed by atoms with Crippen LogP contribution >= 0.6 is 11.3 Å². The molecule has 0 radical (unpaired) electrons. The van der Waals surface area contributed by atoms with Crippen molar-refractivity contribution in [1.29, 1.82) is 0 Å². The molecule has 4 rings (SSSR count). The van der Waals surface area contributed by atoms with Crippen molar-refractivity contribution in [1.82, 2.24) is 9.88 Å². The number of anilines is 1. The van der Waals surface area contributed by atoms with Crippen LogP contribution in [0.2, 0.25) is 0 Å². The highest BCUT2D eigenvalue weighted by atomic mass is 32.1. The van der Waals surface area contributed by atoms with Gasteiger partial charge in [-0.2, -0.15) is 0 Å². The van der Waals surface area contributed by atoms with Crippen LogP contribution in [-0.2, 0) is 4.79 Å². The minimum absolute atomic E-state index is 0.0434. The minimum atomic E-state index is -0.246. The molecular formula is C17H18FN3OS. The van der Waals surface area contributed by atoms with Gasteiger partial charge in [0.05, 0.1) is 6.04 Å².